The van der Waals surface area contributed by atoms with Gasteiger partial charge in [-0.3, -0.25) is 4.99 Å². The van der Waals surface area contributed by atoms with Gasteiger partial charge < -0.3 is 10.6 Å². The SMILES string of the molecule is CNC(=S)NC(=NCc1ccccc1)c1ccccc1. The van der Waals surface area contributed by atoms with Crippen LogP contribution in [0.5, 0.6) is 0 Å². The molecule has 0 aromatic heterocycles. The number of hydrogen-bond donors (Lipinski definition) is 2. The van der Waals surface area contributed by atoms with E-state index in [1.807, 2.05) is 48.5 Å². The first kappa shape index (κ1) is 14.2. The molecule has 3 nitrogen and oxygen atoms in total. The van der Waals surface area contributed by atoms with Crippen molar-refractivity contribution in [3.05, 3.63) is 71.8 Å². The molecule has 102 valence electrons. The molecule has 0 atom stereocenters. The fourth-order valence-corrected chi connectivity index (χ4v) is 1.82. The van der Waals surface area contributed by atoms with Crippen LogP contribution >= 0.6 is 12.2 Å². The molecular formula is C16H17N3S. The van der Waals surface area contributed by atoms with Gasteiger partial charge in [0.15, 0.2) is 5.11 Å². The highest BCUT2D eigenvalue weighted by molar-refractivity contribution is 7.80. The summed E-state index contributed by atoms with van der Waals surface area (Å²) in [6.07, 6.45) is 0. The van der Waals surface area contributed by atoms with Crippen molar-refractivity contribution in [3.63, 3.8) is 0 Å². The van der Waals surface area contributed by atoms with Crippen LogP contribution in [0.2, 0.25) is 0 Å². The van der Waals surface area contributed by atoms with Crippen LogP contribution in [-0.4, -0.2) is 18.0 Å². The van der Waals surface area contributed by atoms with E-state index in [0.29, 0.717) is 11.7 Å². The first-order chi connectivity index (χ1) is 9.79. The Labute approximate surface area is 124 Å². The van der Waals surface area contributed by atoms with Gasteiger partial charge in [-0.15, -0.1) is 0 Å². The lowest BCUT2D eigenvalue weighted by Gasteiger charge is -2.11. The lowest BCUT2D eigenvalue weighted by molar-refractivity contribution is 1.04. The molecule has 0 saturated carbocycles. The Hall–Kier alpha value is -2.20. The highest BCUT2D eigenvalue weighted by Crippen LogP contribution is 2.04. The van der Waals surface area contributed by atoms with Crippen molar-refractivity contribution in [2.24, 2.45) is 4.99 Å². The first-order valence-electron chi connectivity index (χ1n) is 6.42. The third kappa shape index (κ3) is 4.17. The maximum Gasteiger partial charge on any atom is 0.171 e. The Bertz CT molecular complexity index is 579. The molecule has 0 spiro atoms. The van der Waals surface area contributed by atoms with Crippen molar-refractivity contribution < 1.29 is 0 Å². The maximum absolute atomic E-state index is 5.16. The number of amidine groups is 1. The average molecular weight is 283 g/mol. The van der Waals surface area contributed by atoms with Gasteiger partial charge in [-0.25, -0.2) is 0 Å². The second kappa shape index (κ2) is 7.40. The highest BCUT2D eigenvalue weighted by atomic mass is 32.1. The minimum Gasteiger partial charge on any atom is -0.365 e. The molecule has 20 heavy (non-hydrogen) atoms. The molecule has 0 heterocycles. The third-order valence-electron chi connectivity index (χ3n) is 2.77. The molecule has 0 unspecified atom stereocenters. The van der Waals surface area contributed by atoms with Crippen LogP contribution in [0.3, 0.4) is 0 Å². The number of benzene rings is 2. The summed E-state index contributed by atoms with van der Waals surface area (Å²) in [6.45, 7) is 0.615. The smallest absolute Gasteiger partial charge is 0.171 e. The second-order valence-electron chi connectivity index (χ2n) is 4.22. The predicted molar refractivity (Wildman–Crippen MR) is 87.9 cm³/mol. The zero-order chi connectivity index (χ0) is 14.2. The summed E-state index contributed by atoms with van der Waals surface area (Å²) in [5.41, 5.74) is 2.18. The molecular weight excluding hydrogens is 266 g/mol. The predicted octanol–water partition coefficient (Wildman–Crippen LogP) is 2.73. The van der Waals surface area contributed by atoms with Crippen LogP contribution in [0.4, 0.5) is 0 Å². The topological polar surface area (TPSA) is 36.4 Å². The fourth-order valence-electron chi connectivity index (χ4n) is 1.72. The van der Waals surface area contributed by atoms with Crippen molar-refractivity contribution in [1.82, 2.24) is 10.6 Å². The van der Waals surface area contributed by atoms with Crippen molar-refractivity contribution >= 4 is 23.2 Å². The minimum atomic E-state index is 0.556. The molecule has 2 N–H and O–H groups in total. The van der Waals surface area contributed by atoms with Gasteiger partial charge in [-0.1, -0.05) is 60.7 Å². The third-order valence-corrected chi connectivity index (χ3v) is 3.07. The number of nitrogens with one attached hydrogen (secondary N) is 2. The van der Waals surface area contributed by atoms with Gasteiger partial charge in [0.25, 0.3) is 0 Å². The summed E-state index contributed by atoms with van der Waals surface area (Å²) < 4.78 is 0. The second-order valence-corrected chi connectivity index (χ2v) is 4.63. The van der Waals surface area contributed by atoms with E-state index >= 15 is 0 Å². The van der Waals surface area contributed by atoms with E-state index in [1.165, 1.54) is 0 Å². The van der Waals surface area contributed by atoms with Crippen LogP contribution in [0.25, 0.3) is 0 Å². The van der Waals surface area contributed by atoms with Gasteiger partial charge in [0.1, 0.15) is 5.84 Å². The van der Waals surface area contributed by atoms with Crippen molar-refractivity contribution in [3.8, 4) is 0 Å². The average Bonchev–Trinajstić information content (AvgIpc) is 2.53. The number of nitrogens with zero attached hydrogens (tertiary/aromatic N) is 1. The molecule has 4 heteroatoms. The van der Waals surface area contributed by atoms with E-state index in [0.717, 1.165) is 17.0 Å². The van der Waals surface area contributed by atoms with Crippen molar-refractivity contribution in [2.45, 2.75) is 6.54 Å². The Morgan fingerprint density at radius 1 is 1.00 bits per heavy atom. The zero-order valence-electron chi connectivity index (χ0n) is 11.3. The van der Waals surface area contributed by atoms with Crippen LogP contribution in [0.1, 0.15) is 11.1 Å². The molecule has 0 saturated heterocycles. The Balaban J connectivity index is 2.20. The van der Waals surface area contributed by atoms with E-state index in [9.17, 15) is 0 Å². The van der Waals surface area contributed by atoms with Gasteiger partial charge in [-0.2, -0.15) is 0 Å². The molecule has 0 aliphatic carbocycles. The Kier molecular flexibility index (Phi) is 5.26. The standard InChI is InChI=1S/C16H17N3S/c1-17-16(20)19-15(14-10-6-3-7-11-14)18-12-13-8-4-2-5-9-13/h2-11H,12H2,1H3,(H2,17,18,19,20). The van der Waals surface area contributed by atoms with E-state index in [2.05, 4.69) is 27.8 Å². The van der Waals surface area contributed by atoms with Gasteiger partial charge in [-0.05, 0) is 17.8 Å². The monoisotopic (exact) mass is 283 g/mol. The van der Waals surface area contributed by atoms with Crippen LogP contribution in [-0.2, 0) is 6.54 Å². The van der Waals surface area contributed by atoms with Gasteiger partial charge in [0.05, 0.1) is 6.54 Å². The van der Waals surface area contributed by atoms with E-state index < -0.39 is 0 Å². The number of thiocarbonyl (C=S) groups is 1. The molecule has 2 rings (SSSR count). The molecule has 0 bridgehead atoms. The van der Waals surface area contributed by atoms with Crippen LogP contribution < -0.4 is 10.6 Å². The summed E-state index contributed by atoms with van der Waals surface area (Å²) in [5, 5.41) is 6.58. The highest BCUT2D eigenvalue weighted by Gasteiger charge is 2.04. The minimum absolute atomic E-state index is 0.556. The number of aliphatic imine (C=N–C) groups is 1. The van der Waals surface area contributed by atoms with Crippen molar-refractivity contribution in [2.75, 3.05) is 7.05 Å². The maximum atomic E-state index is 5.16. The normalized spacial score (nSPS) is 10.9. The van der Waals surface area contributed by atoms with Gasteiger partial charge in [0.2, 0.25) is 0 Å². The summed E-state index contributed by atoms with van der Waals surface area (Å²) in [4.78, 5) is 4.63. The Morgan fingerprint density at radius 2 is 1.60 bits per heavy atom. The van der Waals surface area contributed by atoms with E-state index in [1.54, 1.807) is 7.05 Å². The molecule has 2 aromatic carbocycles. The van der Waals surface area contributed by atoms with Crippen molar-refractivity contribution in [1.29, 1.82) is 0 Å². The zero-order valence-corrected chi connectivity index (χ0v) is 12.2. The molecule has 0 aliphatic heterocycles. The van der Waals surface area contributed by atoms with E-state index in [-0.39, 0.29) is 0 Å². The van der Waals surface area contributed by atoms with Crippen LogP contribution in [0, 0.1) is 0 Å². The van der Waals surface area contributed by atoms with Crippen LogP contribution in [0.15, 0.2) is 65.7 Å². The molecule has 0 fully saturated rings. The largest absolute Gasteiger partial charge is 0.365 e. The lowest BCUT2D eigenvalue weighted by atomic mass is 10.2. The molecule has 0 aliphatic rings. The number of rotatable bonds is 3. The molecule has 0 amide bonds. The van der Waals surface area contributed by atoms with E-state index in [4.69, 9.17) is 12.2 Å². The first-order valence-corrected chi connectivity index (χ1v) is 6.83. The summed E-state index contributed by atoms with van der Waals surface area (Å²) >= 11 is 5.16. The molecule has 0 radical (unpaired) electrons. The van der Waals surface area contributed by atoms with Gasteiger partial charge in [0, 0.05) is 12.6 Å². The molecule has 2 aromatic rings. The quantitative estimate of drug-likeness (QED) is 0.516. The summed E-state index contributed by atoms with van der Waals surface area (Å²) in [5.74, 6) is 0.772. The fraction of sp³-hybridized carbons (Fsp3) is 0.125. The Morgan fingerprint density at radius 3 is 2.20 bits per heavy atom. The summed E-state index contributed by atoms with van der Waals surface area (Å²) in [6, 6.07) is 20.1. The van der Waals surface area contributed by atoms with Gasteiger partial charge >= 0.3 is 0 Å². The lowest BCUT2D eigenvalue weighted by Crippen LogP contribution is -2.37. The summed E-state index contributed by atoms with van der Waals surface area (Å²) in [7, 11) is 1.79. The number of hydrogen-bond acceptors (Lipinski definition) is 2.